The number of ether oxygens (including phenoxy) is 1. The number of nitrogens with zero attached hydrogens (tertiary/aromatic N) is 3. The maximum atomic E-state index is 12.7. The van der Waals surface area contributed by atoms with Crippen LogP contribution in [0.3, 0.4) is 0 Å². The number of hydrogen-bond acceptors (Lipinski definition) is 4. The highest BCUT2D eigenvalue weighted by molar-refractivity contribution is 5.98. The van der Waals surface area contributed by atoms with Crippen molar-refractivity contribution in [2.45, 2.75) is 12.1 Å². The molecule has 0 radical (unpaired) electrons. The number of fused-ring (bicyclic) bond motifs is 2. The number of carbonyl (C=O) groups excluding carboxylic acids is 1. The van der Waals surface area contributed by atoms with E-state index >= 15 is 0 Å². The van der Waals surface area contributed by atoms with Gasteiger partial charge >= 0.3 is 0 Å². The van der Waals surface area contributed by atoms with Gasteiger partial charge in [0.15, 0.2) is 0 Å². The minimum absolute atomic E-state index is 0.0133. The smallest absolute Gasteiger partial charge is 0.257 e. The van der Waals surface area contributed by atoms with Crippen LogP contribution in [-0.2, 0) is 0 Å². The number of pyridine rings is 1. The van der Waals surface area contributed by atoms with Gasteiger partial charge in [-0.3, -0.25) is 9.78 Å². The maximum absolute atomic E-state index is 12.7. The summed E-state index contributed by atoms with van der Waals surface area (Å²) in [6, 6.07) is 9.79. The fourth-order valence-corrected chi connectivity index (χ4v) is 3.44. The Balaban J connectivity index is 1.77. The molecule has 1 aromatic heterocycles. The predicted molar refractivity (Wildman–Crippen MR) is 87.5 cm³/mol. The first kappa shape index (κ1) is 14.2. The first-order valence-corrected chi connectivity index (χ1v) is 7.80. The van der Waals surface area contributed by atoms with Gasteiger partial charge in [-0.1, -0.05) is 12.1 Å². The normalized spacial score (nSPS) is 23.9. The summed E-state index contributed by atoms with van der Waals surface area (Å²) in [6.07, 6.45) is 3.58. The van der Waals surface area contributed by atoms with Crippen molar-refractivity contribution in [3.05, 3.63) is 48.3 Å². The van der Waals surface area contributed by atoms with Crippen LogP contribution >= 0.6 is 0 Å². The Kier molecular flexibility index (Phi) is 3.31. The van der Waals surface area contributed by atoms with E-state index in [1.54, 1.807) is 6.20 Å². The van der Waals surface area contributed by atoms with Gasteiger partial charge in [0, 0.05) is 38.1 Å². The number of amides is 1. The van der Waals surface area contributed by atoms with Gasteiger partial charge in [-0.05, 0) is 30.8 Å². The van der Waals surface area contributed by atoms with Crippen molar-refractivity contribution in [3.63, 3.8) is 0 Å². The SMILES string of the molecule is CN1CC2Oc3cc(-c4cccnc4)ccc3C(=O)N(C)C2C1. The molecule has 3 heterocycles. The molecule has 1 fully saturated rings. The molecule has 4 rings (SSSR count). The molecule has 0 N–H and O–H groups in total. The van der Waals surface area contributed by atoms with Crippen molar-refractivity contribution < 1.29 is 9.53 Å². The van der Waals surface area contributed by atoms with Crippen LogP contribution < -0.4 is 4.74 Å². The molecule has 2 atom stereocenters. The van der Waals surface area contributed by atoms with E-state index in [-0.39, 0.29) is 18.1 Å². The van der Waals surface area contributed by atoms with Crippen LogP contribution in [0.15, 0.2) is 42.7 Å². The van der Waals surface area contributed by atoms with Gasteiger partial charge in [-0.25, -0.2) is 0 Å². The van der Waals surface area contributed by atoms with Gasteiger partial charge in [0.2, 0.25) is 0 Å². The summed E-state index contributed by atoms with van der Waals surface area (Å²) >= 11 is 0. The number of hydrogen-bond donors (Lipinski definition) is 0. The molecule has 0 bridgehead atoms. The summed E-state index contributed by atoms with van der Waals surface area (Å²) in [6.45, 7) is 1.68. The molecule has 2 unspecified atom stereocenters. The van der Waals surface area contributed by atoms with E-state index in [1.807, 2.05) is 48.5 Å². The zero-order chi connectivity index (χ0) is 16.0. The Morgan fingerprint density at radius 2 is 2.04 bits per heavy atom. The highest BCUT2D eigenvalue weighted by Gasteiger charge is 2.41. The second-order valence-electron chi connectivity index (χ2n) is 6.31. The Morgan fingerprint density at radius 1 is 1.17 bits per heavy atom. The molecule has 2 aliphatic rings. The lowest BCUT2D eigenvalue weighted by molar-refractivity contribution is 0.0682. The monoisotopic (exact) mass is 309 g/mol. The number of benzene rings is 1. The molecule has 2 aliphatic heterocycles. The predicted octanol–water partition coefficient (Wildman–Crippen LogP) is 1.90. The zero-order valence-corrected chi connectivity index (χ0v) is 13.3. The number of carbonyl (C=O) groups is 1. The van der Waals surface area contributed by atoms with E-state index in [2.05, 4.69) is 16.9 Å². The minimum atomic E-state index is 0.0133. The van der Waals surface area contributed by atoms with Gasteiger partial charge in [0.05, 0.1) is 11.6 Å². The lowest BCUT2D eigenvalue weighted by Gasteiger charge is -2.25. The molecule has 5 nitrogen and oxygen atoms in total. The summed E-state index contributed by atoms with van der Waals surface area (Å²) in [5.74, 6) is 0.700. The molecule has 118 valence electrons. The molecular weight excluding hydrogens is 290 g/mol. The van der Waals surface area contributed by atoms with Crippen molar-refractivity contribution in [1.82, 2.24) is 14.8 Å². The van der Waals surface area contributed by atoms with E-state index in [1.165, 1.54) is 0 Å². The van der Waals surface area contributed by atoms with Crippen LogP contribution in [0, 0.1) is 0 Å². The molecule has 1 saturated heterocycles. The summed E-state index contributed by atoms with van der Waals surface area (Å²) in [7, 11) is 3.93. The minimum Gasteiger partial charge on any atom is -0.486 e. The molecule has 0 aliphatic carbocycles. The van der Waals surface area contributed by atoms with Crippen molar-refractivity contribution in [3.8, 4) is 16.9 Å². The molecular formula is C18H19N3O2. The Morgan fingerprint density at radius 3 is 2.83 bits per heavy atom. The fraction of sp³-hybridized carbons (Fsp3) is 0.333. The second-order valence-corrected chi connectivity index (χ2v) is 6.31. The van der Waals surface area contributed by atoms with Crippen LogP contribution in [0.5, 0.6) is 5.75 Å². The van der Waals surface area contributed by atoms with E-state index in [0.29, 0.717) is 11.3 Å². The number of rotatable bonds is 1. The van der Waals surface area contributed by atoms with Gasteiger partial charge < -0.3 is 14.5 Å². The number of aromatic nitrogens is 1. The molecule has 0 spiro atoms. The molecule has 1 amide bonds. The average molecular weight is 309 g/mol. The lowest BCUT2D eigenvalue weighted by Crippen LogP contribution is -2.44. The fourth-order valence-electron chi connectivity index (χ4n) is 3.44. The largest absolute Gasteiger partial charge is 0.486 e. The van der Waals surface area contributed by atoms with Crippen LogP contribution in [0.1, 0.15) is 10.4 Å². The van der Waals surface area contributed by atoms with E-state index in [9.17, 15) is 4.79 Å². The van der Waals surface area contributed by atoms with Crippen LogP contribution in [0.4, 0.5) is 0 Å². The van der Waals surface area contributed by atoms with Crippen molar-refractivity contribution in [2.75, 3.05) is 27.2 Å². The van der Waals surface area contributed by atoms with Crippen molar-refractivity contribution in [2.24, 2.45) is 0 Å². The third-order valence-electron chi connectivity index (χ3n) is 4.72. The lowest BCUT2D eigenvalue weighted by atomic mass is 10.0. The van der Waals surface area contributed by atoms with Gasteiger partial charge in [-0.15, -0.1) is 0 Å². The van der Waals surface area contributed by atoms with Crippen molar-refractivity contribution >= 4 is 5.91 Å². The Labute approximate surface area is 135 Å². The Hall–Kier alpha value is -2.40. The molecule has 5 heteroatoms. The number of likely N-dealkylation sites (N-methyl/N-ethyl adjacent to an activating group) is 2. The van der Waals surface area contributed by atoms with Crippen LogP contribution in [-0.4, -0.2) is 60.0 Å². The average Bonchev–Trinajstić information content (AvgIpc) is 2.90. The van der Waals surface area contributed by atoms with Gasteiger partial charge in [0.25, 0.3) is 5.91 Å². The van der Waals surface area contributed by atoms with Gasteiger partial charge in [0.1, 0.15) is 11.9 Å². The summed E-state index contributed by atoms with van der Waals surface area (Å²) in [5.41, 5.74) is 2.67. The zero-order valence-electron chi connectivity index (χ0n) is 13.3. The third-order valence-corrected chi connectivity index (χ3v) is 4.72. The standard InChI is InChI=1S/C18H19N3O2/c1-20-10-15-17(11-20)23-16-8-12(13-4-3-7-19-9-13)5-6-14(16)18(22)21(15)2/h3-9,15,17H,10-11H2,1-2H3. The van der Waals surface area contributed by atoms with Gasteiger partial charge in [-0.2, -0.15) is 0 Å². The maximum Gasteiger partial charge on any atom is 0.257 e. The van der Waals surface area contributed by atoms with E-state index < -0.39 is 0 Å². The molecule has 2 aromatic rings. The summed E-state index contributed by atoms with van der Waals surface area (Å²) in [5, 5.41) is 0. The first-order chi connectivity index (χ1) is 11.1. The highest BCUT2D eigenvalue weighted by Crippen LogP contribution is 2.33. The van der Waals surface area contributed by atoms with Crippen molar-refractivity contribution in [1.29, 1.82) is 0 Å². The molecule has 0 saturated carbocycles. The van der Waals surface area contributed by atoms with Crippen LogP contribution in [0.2, 0.25) is 0 Å². The quantitative estimate of drug-likeness (QED) is 0.807. The third kappa shape index (κ3) is 2.37. The highest BCUT2D eigenvalue weighted by atomic mass is 16.5. The van der Waals surface area contributed by atoms with E-state index in [4.69, 9.17) is 4.74 Å². The van der Waals surface area contributed by atoms with E-state index in [0.717, 1.165) is 24.2 Å². The molecule has 23 heavy (non-hydrogen) atoms. The summed E-state index contributed by atoms with van der Waals surface area (Å²) < 4.78 is 6.23. The second kappa shape index (κ2) is 5.35. The summed E-state index contributed by atoms with van der Waals surface area (Å²) in [4.78, 5) is 20.9. The van der Waals surface area contributed by atoms with Crippen LogP contribution in [0.25, 0.3) is 11.1 Å². The first-order valence-electron chi connectivity index (χ1n) is 7.80. The molecule has 1 aromatic carbocycles. The number of likely N-dealkylation sites (tertiary alicyclic amines) is 1. The Bertz CT molecular complexity index is 747. The topological polar surface area (TPSA) is 45.7 Å².